The van der Waals surface area contributed by atoms with Crippen molar-refractivity contribution >= 4 is 17.9 Å². The molecule has 3 N–H and O–H groups in total. The van der Waals surface area contributed by atoms with E-state index in [9.17, 15) is 39.5 Å². The molecule has 1 unspecified atom stereocenters. The molecular formula is C23H28F9N5O6. The van der Waals surface area contributed by atoms with Gasteiger partial charge in [-0.05, 0) is 46.1 Å². The number of alkyl halides is 9. The van der Waals surface area contributed by atoms with E-state index >= 15 is 0 Å². The summed E-state index contributed by atoms with van der Waals surface area (Å²) in [5.41, 5.74) is 3.55. The van der Waals surface area contributed by atoms with Crippen molar-refractivity contribution in [1.29, 1.82) is 0 Å². The number of aromatic nitrogens is 3. The molecule has 2 aromatic rings. The predicted molar refractivity (Wildman–Crippen MR) is 129 cm³/mol. The maximum Gasteiger partial charge on any atom is 0.490 e. The quantitative estimate of drug-likeness (QED) is 0.409. The Bertz CT molecular complexity index is 1130. The number of hydrogen-bond acceptors (Lipinski definition) is 7. The van der Waals surface area contributed by atoms with Crippen LogP contribution in [-0.4, -0.2) is 103 Å². The summed E-state index contributed by atoms with van der Waals surface area (Å²) in [6, 6.07) is 6.76. The van der Waals surface area contributed by atoms with Gasteiger partial charge in [0.1, 0.15) is 0 Å². The third kappa shape index (κ3) is 16.3. The Kier molecular flexibility index (Phi) is 15.1. The number of halogens is 9. The lowest BCUT2D eigenvalue weighted by Crippen LogP contribution is -2.37. The maximum absolute atomic E-state index is 10.6. The zero-order valence-electron chi connectivity index (χ0n) is 22.7. The molecule has 244 valence electrons. The summed E-state index contributed by atoms with van der Waals surface area (Å²) in [7, 11) is 4.26. The number of hydrogen-bond donors (Lipinski definition) is 3. The minimum atomic E-state index is -5.08. The highest BCUT2D eigenvalue weighted by Gasteiger charge is 2.39. The van der Waals surface area contributed by atoms with Gasteiger partial charge in [0.2, 0.25) is 0 Å². The highest BCUT2D eigenvalue weighted by molar-refractivity contribution is 5.73. The molecule has 0 saturated heterocycles. The van der Waals surface area contributed by atoms with Crippen molar-refractivity contribution in [3.8, 4) is 0 Å². The molecule has 3 heterocycles. The zero-order chi connectivity index (χ0) is 33.8. The van der Waals surface area contributed by atoms with E-state index in [1.165, 1.54) is 5.69 Å². The average molecular weight is 641 g/mol. The number of fused-ring (bicyclic) bond motifs is 1. The van der Waals surface area contributed by atoms with Crippen LogP contribution < -0.4 is 0 Å². The molecular weight excluding hydrogens is 613 g/mol. The van der Waals surface area contributed by atoms with Gasteiger partial charge in [0.15, 0.2) is 0 Å². The smallest absolute Gasteiger partial charge is 0.475 e. The van der Waals surface area contributed by atoms with E-state index in [0.29, 0.717) is 6.04 Å². The third-order valence-corrected chi connectivity index (χ3v) is 4.96. The number of pyridine rings is 1. The van der Waals surface area contributed by atoms with Gasteiger partial charge < -0.3 is 24.8 Å². The first-order valence-electron chi connectivity index (χ1n) is 11.7. The molecule has 0 radical (unpaired) electrons. The van der Waals surface area contributed by atoms with Crippen LogP contribution in [0.2, 0.25) is 0 Å². The minimum absolute atomic E-state index is 0.499. The van der Waals surface area contributed by atoms with Gasteiger partial charge in [-0.2, -0.15) is 39.5 Å². The van der Waals surface area contributed by atoms with Gasteiger partial charge in [-0.25, -0.2) is 19.4 Å². The van der Waals surface area contributed by atoms with Crippen molar-refractivity contribution in [2.24, 2.45) is 0 Å². The first-order valence-corrected chi connectivity index (χ1v) is 11.7. The Morgan fingerprint density at radius 1 is 0.907 bits per heavy atom. The molecule has 0 amide bonds. The molecule has 3 rings (SSSR count). The molecule has 43 heavy (non-hydrogen) atoms. The van der Waals surface area contributed by atoms with Crippen molar-refractivity contribution in [2.45, 2.75) is 51.0 Å². The summed E-state index contributed by atoms with van der Waals surface area (Å²) in [6.07, 6.45) is -10.1. The van der Waals surface area contributed by atoms with Crippen molar-refractivity contribution < 1.29 is 69.2 Å². The van der Waals surface area contributed by atoms with E-state index in [2.05, 4.69) is 63.6 Å². The summed E-state index contributed by atoms with van der Waals surface area (Å²) < 4.78 is 97.6. The van der Waals surface area contributed by atoms with Crippen LogP contribution in [0.25, 0.3) is 0 Å². The van der Waals surface area contributed by atoms with E-state index in [4.69, 9.17) is 29.7 Å². The second-order valence-corrected chi connectivity index (χ2v) is 8.89. The van der Waals surface area contributed by atoms with Crippen LogP contribution in [0.3, 0.4) is 0 Å². The Hall–Kier alpha value is -3.94. The fourth-order valence-corrected chi connectivity index (χ4v) is 3.14. The van der Waals surface area contributed by atoms with Gasteiger partial charge in [0, 0.05) is 37.6 Å². The summed E-state index contributed by atoms with van der Waals surface area (Å²) >= 11 is 0. The highest BCUT2D eigenvalue weighted by Crippen LogP contribution is 2.24. The maximum atomic E-state index is 10.6. The van der Waals surface area contributed by atoms with Gasteiger partial charge in [0.25, 0.3) is 0 Å². The largest absolute Gasteiger partial charge is 0.490 e. The fourth-order valence-electron chi connectivity index (χ4n) is 3.14. The summed E-state index contributed by atoms with van der Waals surface area (Å²) in [5, 5.41) is 21.4. The number of imidazole rings is 1. The SMILES string of the molecule is Cc1cccc(CN2Cc3cncn3C(CCN(C)C)C2)n1.O=C(O)C(F)(F)F.O=C(O)C(F)(F)F.O=C(O)C(F)(F)F. The molecule has 0 saturated carbocycles. The van der Waals surface area contributed by atoms with E-state index < -0.39 is 36.4 Å². The monoisotopic (exact) mass is 641 g/mol. The Labute approximate surface area is 238 Å². The standard InChI is InChI=1S/C17H25N5.3C2HF3O2/c1-14-5-4-6-15(19-14)10-21-11-16(7-8-20(2)3)22-13-18-9-17(22)12-21;3*3-2(4,5)1(6)7/h4-6,9,13,16H,7-8,10-12H2,1-3H3;3*(H,6,7). The molecule has 0 fully saturated rings. The number of carboxylic acids is 3. The first kappa shape index (κ1) is 39.1. The zero-order valence-corrected chi connectivity index (χ0v) is 22.7. The first-order chi connectivity index (χ1) is 19.4. The normalized spacial score (nSPS) is 15.0. The molecule has 0 aliphatic carbocycles. The number of carboxylic acid groups (broad SMARTS) is 3. The van der Waals surface area contributed by atoms with Gasteiger partial charge in [-0.1, -0.05) is 6.07 Å². The van der Waals surface area contributed by atoms with Crippen molar-refractivity contribution in [2.75, 3.05) is 27.2 Å². The minimum Gasteiger partial charge on any atom is -0.475 e. The van der Waals surface area contributed by atoms with E-state index in [0.717, 1.165) is 44.0 Å². The van der Waals surface area contributed by atoms with Crippen molar-refractivity contribution in [3.05, 3.63) is 47.8 Å². The Morgan fingerprint density at radius 2 is 1.37 bits per heavy atom. The Morgan fingerprint density at radius 3 is 1.77 bits per heavy atom. The van der Waals surface area contributed by atoms with Crippen LogP contribution in [0, 0.1) is 6.92 Å². The molecule has 0 bridgehead atoms. The third-order valence-electron chi connectivity index (χ3n) is 4.96. The van der Waals surface area contributed by atoms with E-state index in [1.54, 1.807) is 0 Å². The molecule has 1 aliphatic heterocycles. The molecule has 0 spiro atoms. The van der Waals surface area contributed by atoms with E-state index in [1.807, 2.05) is 12.5 Å². The molecule has 20 heteroatoms. The summed E-state index contributed by atoms with van der Waals surface area (Å²) in [6.45, 7) is 6.07. The predicted octanol–water partition coefficient (Wildman–Crippen LogP) is 4.00. The van der Waals surface area contributed by atoms with Crippen LogP contribution in [0.15, 0.2) is 30.7 Å². The number of carbonyl (C=O) groups is 3. The number of nitrogens with zero attached hydrogens (tertiary/aromatic N) is 5. The highest BCUT2D eigenvalue weighted by atomic mass is 19.4. The van der Waals surface area contributed by atoms with Crippen LogP contribution >= 0.6 is 0 Å². The fraction of sp³-hybridized carbons (Fsp3) is 0.522. The topological polar surface area (TPSA) is 149 Å². The van der Waals surface area contributed by atoms with Gasteiger partial charge >= 0.3 is 36.4 Å². The van der Waals surface area contributed by atoms with Gasteiger partial charge in [0.05, 0.1) is 17.7 Å². The van der Waals surface area contributed by atoms with Crippen LogP contribution in [0.4, 0.5) is 39.5 Å². The number of aliphatic carboxylic acids is 3. The van der Waals surface area contributed by atoms with Gasteiger partial charge in [-0.15, -0.1) is 0 Å². The molecule has 0 aromatic carbocycles. The second kappa shape index (κ2) is 16.6. The lowest BCUT2D eigenvalue weighted by Gasteiger charge is -2.34. The molecule has 2 aromatic heterocycles. The lowest BCUT2D eigenvalue weighted by atomic mass is 10.1. The average Bonchev–Trinajstić information content (AvgIpc) is 3.31. The summed E-state index contributed by atoms with van der Waals surface area (Å²) in [5.74, 6) is -8.27. The Balaban J connectivity index is 0.000000690. The van der Waals surface area contributed by atoms with Crippen LogP contribution in [0.5, 0.6) is 0 Å². The molecule has 1 aliphatic rings. The van der Waals surface area contributed by atoms with Gasteiger partial charge in [-0.3, -0.25) is 9.88 Å². The van der Waals surface area contributed by atoms with Crippen LogP contribution in [0.1, 0.15) is 29.5 Å². The number of rotatable bonds is 5. The lowest BCUT2D eigenvalue weighted by molar-refractivity contribution is -0.193. The molecule has 11 nitrogen and oxygen atoms in total. The van der Waals surface area contributed by atoms with Crippen LogP contribution in [-0.2, 0) is 27.5 Å². The second-order valence-electron chi connectivity index (χ2n) is 8.89. The van der Waals surface area contributed by atoms with Crippen molar-refractivity contribution in [1.82, 2.24) is 24.3 Å². The van der Waals surface area contributed by atoms with E-state index in [-0.39, 0.29) is 0 Å². The summed E-state index contributed by atoms with van der Waals surface area (Å²) in [4.78, 5) is 40.4. The number of aryl methyl sites for hydroxylation is 1. The molecule has 1 atom stereocenters. The van der Waals surface area contributed by atoms with Crippen molar-refractivity contribution in [3.63, 3.8) is 0 Å².